The Balaban J connectivity index is 1.85. The third kappa shape index (κ3) is 2.80. The summed E-state index contributed by atoms with van der Waals surface area (Å²) in [7, 11) is 3.30. The molecule has 0 atom stereocenters. The molecule has 5 heteroatoms. The van der Waals surface area contributed by atoms with E-state index in [2.05, 4.69) is 28.6 Å². The fourth-order valence-corrected chi connectivity index (χ4v) is 4.93. The van der Waals surface area contributed by atoms with Crippen molar-refractivity contribution in [3.63, 3.8) is 0 Å². The summed E-state index contributed by atoms with van der Waals surface area (Å²) in [5.41, 5.74) is 8.33. The molecular weight excluding hydrogens is 388 g/mol. The number of aryl methyl sites for hydroxylation is 1. The monoisotopic (exact) mass is 414 g/mol. The number of aromatic amines is 1. The lowest BCUT2D eigenvalue weighted by Crippen LogP contribution is -2.14. The van der Waals surface area contributed by atoms with Crippen LogP contribution in [0, 0.1) is 6.92 Å². The molecule has 5 rings (SSSR count). The summed E-state index contributed by atoms with van der Waals surface area (Å²) in [6.45, 7) is 4.88. The van der Waals surface area contributed by atoms with Gasteiger partial charge in [0.2, 0.25) is 0 Å². The summed E-state index contributed by atoms with van der Waals surface area (Å²) < 4.78 is 13.4. The Morgan fingerprint density at radius 3 is 2.58 bits per heavy atom. The second kappa shape index (κ2) is 7.34. The van der Waals surface area contributed by atoms with Gasteiger partial charge in [-0.15, -0.1) is 0 Å². The lowest BCUT2D eigenvalue weighted by Gasteiger charge is -2.23. The van der Waals surface area contributed by atoms with E-state index < -0.39 is 0 Å². The van der Waals surface area contributed by atoms with Crippen LogP contribution in [0.4, 0.5) is 0 Å². The van der Waals surface area contributed by atoms with Crippen LogP contribution in [0.5, 0.6) is 11.5 Å². The van der Waals surface area contributed by atoms with Gasteiger partial charge >= 0.3 is 0 Å². The number of para-hydroxylation sites is 1. The summed E-state index contributed by atoms with van der Waals surface area (Å²) in [6.07, 6.45) is 3.36. The van der Waals surface area contributed by atoms with Crippen molar-refractivity contribution in [1.82, 2.24) is 9.55 Å². The fraction of sp³-hybridized carbons (Fsp3) is 0.269. The van der Waals surface area contributed by atoms with Crippen molar-refractivity contribution < 1.29 is 14.3 Å². The molecular formula is C26H26N2O3. The molecule has 5 nitrogen and oxygen atoms in total. The number of H-pyrrole nitrogens is 1. The highest BCUT2D eigenvalue weighted by molar-refractivity contribution is 6.12. The molecule has 1 aliphatic heterocycles. The molecule has 1 N–H and O–H groups in total. The smallest absolute Gasteiger partial charge is 0.165 e. The number of methoxy groups -OCH3 is 2. The predicted octanol–water partition coefficient (Wildman–Crippen LogP) is 5.78. The molecule has 0 fully saturated rings. The molecule has 31 heavy (non-hydrogen) atoms. The lowest BCUT2D eigenvalue weighted by molar-refractivity contribution is 0.0989. The van der Waals surface area contributed by atoms with Crippen LogP contribution in [0.2, 0.25) is 0 Å². The summed E-state index contributed by atoms with van der Waals surface area (Å²) in [5, 5.41) is 1.13. The van der Waals surface area contributed by atoms with Gasteiger partial charge in [0.05, 0.1) is 25.5 Å². The van der Waals surface area contributed by atoms with Gasteiger partial charge in [-0.05, 0) is 37.1 Å². The number of carbonyl (C=O) groups excluding carboxylic acids is 1. The highest BCUT2D eigenvalue weighted by Gasteiger charge is 2.31. The number of Topliss-reactive ketones (excluding diaryl/α,β-unsaturated/α-hetero) is 1. The summed E-state index contributed by atoms with van der Waals surface area (Å²) in [5.74, 6) is 1.55. The third-order valence-corrected chi connectivity index (χ3v) is 6.45. The molecule has 0 amide bonds. The third-order valence-electron chi connectivity index (χ3n) is 6.45. The molecule has 0 saturated carbocycles. The van der Waals surface area contributed by atoms with Crippen molar-refractivity contribution in [3.05, 3.63) is 59.4 Å². The molecule has 4 aromatic rings. The topological polar surface area (TPSA) is 56.2 Å². The molecule has 0 saturated heterocycles. The second-order valence-electron chi connectivity index (χ2n) is 7.97. The van der Waals surface area contributed by atoms with E-state index >= 15 is 0 Å². The van der Waals surface area contributed by atoms with Crippen LogP contribution < -0.4 is 9.47 Å². The lowest BCUT2D eigenvalue weighted by atomic mass is 9.91. The average molecular weight is 415 g/mol. The number of nitrogens with zero attached hydrogens (tertiary/aromatic N) is 1. The van der Waals surface area contributed by atoms with E-state index in [0.717, 1.165) is 63.3 Å². The van der Waals surface area contributed by atoms with Gasteiger partial charge in [0.15, 0.2) is 17.3 Å². The van der Waals surface area contributed by atoms with Gasteiger partial charge in [0, 0.05) is 52.4 Å². The van der Waals surface area contributed by atoms with E-state index in [1.165, 1.54) is 5.56 Å². The van der Waals surface area contributed by atoms with Crippen LogP contribution in [0.25, 0.3) is 33.3 Å². The first kappa shape index (κ1) is 19.5. The molecule has 0 spiro atoms. The number of hydrogen-bond donors (Lipinski definition) is 1. The van der Waals surface area contributed by atoms with E-state index in [-0.39, 0.29) is 5.78 Å². The van der Waals surface area contributed by atoms with Crippen LogP contribution in [0.15, 0.2) is 42.6 Å². The molecule has 1 aliphatic rings. The second-order valence-corrected chi connectivity index (χ2v) is 7.97. The first-order chi connectivity index (χ1) is 15.1. The largest absolute Gasteiger partial charge is 0.493 e. The van der Waals surface area contributed by atoms with Crippen LogP contribution >= 0.6 is 0 Å². The van der Waals surface area contributed by atoms with E-state index in [4.69, 9.17) is 9.47 Å². The zero-order valence-electron chi connectivity index (χ0n) is 18.3. The highest BCUT2D eigenvalue weighted by atomic mass is 16.5. The van der Waals surface area contributed by atoms with Gasteiger partial charge in [0.25, 0.3) is 0 Å². The fourth-order valence-electron chi connectivity index (χ4n) is 4.93. The van der Waals surface area contributed by atoms with Crippen molar-refractivity contribution >= 4 is 16.7 Å². The Labute approximate surface area is 181 Å². The average Bonchev–Trinajstić information content (AvgIpc) is 3.36. The van der Waals surface area contributed by atoms with Gasteiger partial charge < -0.3 is 19.0 Å². The van der Waals surface area contributed by atoms with E-state index in [9.17, 15) is 4.79 Å². The first-order valence-corrected chi connectivity index (χ1v) is 10.7. The van der Waals surface area contributed by atoms with Crippen molar-refractivity contribution in [2.24, 2.45) is 0 Å². The standard InChI is InChI=1S/C26H26N2O3/c1-5-21(29)25-24(19-14-27-20-9-7-6-8-17(19)20)15(2)28-11-10-16-12-22(30-3)23(31-4)13-18(16)26(25)28/h6-9,12-14,27H,5,10-11H2,1-4H3. The minimum absolute atomic E-state index is 0.153. The number of fused-ring (bicyclic) bond motifs is 4. The van der Waals surface area contributed by atoms with Crippen molar-refractivity contribution in [2.45, 2.75) is 33.2 Å². The molecule has 0 radical (unpaired) electrons. The number of aromatic nitrogens is 2. The summed E-state index contributed by atoms with van der Waals surface area (Å²) in [6, 6.07) is 12.3. The van der Waals surface area contributed by atoms with Crippen LogP contribution in [0.1, 0.15) is 35.0 Å². The quantitative estimate of drug-likeness (QED) is 0.421. The Morgan fingerprint density at radius 1 is 1.10 bits per heavy atom. The number of hydrogen-bond acceptors (Lipinski definition) is 3. The van der Waals surface area contributed by atoms with Crippen LogP contribution in [0.3, 0.4) is 0 Å². The summed E-state index contributed by atoms with van der Waals surface area (Å²) in [4.78, 5) is 16.7. The number of carbonyl (C=O) groups is 1. The number of rotatable bonds is 5. The van der Waals surface area contributed by atoms with Crippen LogP contribution in [-0.2, 0) is 13.0 Å². The van der Waals surface area contributed by atoms with Gasteiger partial charge in [-0.2, -0.15) is 0 Å². The van der Waals surface area contributed by atoms with Crippen molar-refractivity contribution in [3.8, 4) is 33.9 Å². The van der Waals surface area contributed by atoms with Crippen molar-refractivity contribution in [1.29, 1.82) is 0 Å². The minimum Gasteiger partial charge on any atom is -0.493 e. The highest BCUT2D eigenvalue weighted by Crippen LogP contribution is 2.46. The zero-order valence-corrected chi connectivity index (χ0v) is 18.3. The molecule has 3 heterocycles. The van der Waals surface area contributed by atoms with Gasteiger partial charge in [-0.3, -0.25) is 4.79 Å². The number of nitrogens with one attached hydrogen (secondary N) is 1. The van der Waals surface area contributed by atoms with E-state index in [1.807, 2.05) is 37.4 Å². The summed E-state index contributed by atoms with van der Waals surface area (Å²) >= 11 is 0. The Hall–Kier alpha value is -3.47. The Kier molecular flexibility index (Phi) is 4.62. The predicted molar refractivity (Wildman–Crippen MR) is 123 cm³/mol. The molecule has 2 aromatic carbocycles. The van der Waals surface area contributed by atoms with Gasteiger partial charge in [0.1, 0.15) is 0 Å². The number of benzene rings is 2. The Morgan fingerprint density at radius 2 is 1.84 bits per heavy atom. The maximum atomic E-state index is 13.4. The Bertz CT molecular complexity index is 1330. The molecule has 0 aliphatic carbocycles. The number of ether oxygens (including phenoxy) is 2. The SMILES string of the molecule is CCC(=O)c1c(-c2c[nH]c3ccccc23)c(C)n2c1-c1cc(OC)c(OC)cc1CC2. The molecule has 0 unspecified atom stereocenters. The maximum Gasteiger partial charge on any atom is 0.165 e. The normalized spacial score (nSPS) is 12.5. The van der Waals surface area contributed by atoms with E-state index in [0.29, 0.717) is 12.2 Å². The molecule has 2 aromatic heterocycles. The number of ketones is 1. The van der Waals surface area contributed by atoms with Crippen molar-refractivity contribution in [2.75, 3.05) is 14.2 Å². The molecule has 0 bridgehead atoms. The zero-order chi connectivity index (χ0) is 21.7. The van der Waals surface area contributed by atoms with Crippen LogP contribution in [-0.4, -0.2) is 29.6 Å². The van der Waals surface area contributed by atoms with E-state index in [1.54, 1.807) is 14.2 Å². The first-order valence-electron chi connectivity index (χ1n) is 10.7. The molecule has 158 valence electrons. The van der Waals surface area contributed by atoms with Gasteiger partial charge in [-0.1, -0.05) is 25.1 Å². The maximum absolute atomic E-state index is 13.4. The van der Waals surface area contributed by atoms with Gasteiger partial charge in [-0.25, -0.2) is 0 Å². The minimum atomic E-state index is 0.153.